The predicted octanol–water partition coefficient (Wildman–Crippen LogP) is 11.7. The molecular formula is C50H43N3. The molecule has 2 unspecified atom stereocenters. The zero-order valence-corrected chi connectivity index (χ0v) is 30.6. The van der Waals surface area contributed by atoms with Gasteiger partial charge in [0, 0.05) is 46.1 Å². The Bertz CT molecular complexity index is 2450. The number of anilines is 2. The number of para-hydroxylation sites is 1. The Hall–Kier alpha value is -5.98. The van der Waals surface area contributed by atoms with Crippen molar-refractivity contribution in [3.8, 4) is 12.3 Å². The van der Waals surface area contributed by atoms with Gasteiger partial charge in [-0.05, 0) is 127 Å². The molecule has 0 saturated carbocycles. The Kier molecular flexibility index (Phi) is 8.40. The van der Waals surface area contributed by atoms with E-state index in [4.69, 9.17) is 16.4 Å². The Morgan fingerprint density at radius 1 is 0.906 bits per heavy atom. The molecule has 9 rings (SSSR count). The SMILES string of the molecule is C#CC1=C(/C=C\C)c2c(cccc2C(C)=NC(=NC(=C)c2ccc3c(c2)CC2=C3C=CCC2)c2ccc(N3c4ccccc4C4CCC=CC43)cc2)C1. The third kappa shape index (κ3) is 5.71. The molecule has 0 bridgehead atoms. The van der Waals surface area contributed by atoms with E-state index in [2.05, 4.69) is 146 Å². The summed E-state index contributed by atoms with van der Waals surface area (Å²) in [4.78, 5) is 13.1. The molecule has 3 nitrogen and oxygen atoms in total. The van der Waals surface area contributed by atoms with Crippen molar-refractivity contribution in [2.75, 3.05) is 4.90 Å². The van der Waals surface area contributed by atoms with Crippen molar-refractivity contribution < 1.29 is 0 Å². The number of fused-ring (bicyclic) bond motifs is 6. The monoisotopic (exact) mass is 685 g/mol. The third-order valence-electron chi connectivity index (χ3n) is 11.6. The van der Waals surface area contributed by atoms with Crippen molar-refractivity contribution in [2.24, 2.45) is 9.98 Å². The van der Waals surface area contributed by atoms with Gasteiger partial charge in [-0.15, -0.1) is 6.42 Å². The van der Waals surface area contributed by atoms with Gasteiger partial charge in [0.05, 0.1) is 11.7 Å². The number of rotatable bonds is 6. The molecular weight excluding hydrogens is 643 g/mol. The molecule has 3 heteroatoms. The minimum absolute atomic E-state index is 0.322. The smallest absolute Gasteiger partial charge is 0.160 e. The van der Waals surface area contributed by atoms with Crippen LogP contribution in [0.4, 0.5) is 11.4 Å². The van der Waals surface area contributed by atoms with E-state index in [1.54, 1.807) is 5.57 Å². The first-order valence-corrected chi connectivity index (χ1v) is 19.0. The molecule has 0 radical (unpaired) electrons. The van der Waals surface area contributed by atoms with Crippen molar-refractivity contribution in [2.45, 2.75) is 64.3 Å². The van der Waals surface area contributed by atoms with E-state index < -0.39 is 0 Å². The van der Waals surface area contributed by atoms with Crippen LogP contribution in [0.15, 0.2) is 149 Å². The quantitative estimate of drug-likeness (QED) is 0.0859. The van der Waals surface area contributed by atoms with Gasteiger partial charge in [0.15, 0.2) is 5.84 Å². The summed E-state index contributed by atoms with van der Waals surface area (Å²) < 4.78 is 0. The van der Waals surface area contributed by atoms with E-state index in [0.717, 1.165) is 65.7 Å². The van der Waals surface area contributed by atoms with Crippen LogP contribution in [0.1, 0.15) is 90.0 Å². The number of allylic oxidation sites excluding steroid dienone is 9. The number of terminal acetylenes is 1. The number of nitrogens with zero attached hydrogens (tertiary/aromatic N) is 3. The molecule has 1 heterocycles. The Labute approximate surface area is 313 Å². The van der Waals surface area contributed by atoms with Crippen molar-refractivity contribution >= 4 is 39.8 Å². The van der Waals surface area contributed by atoms with Crippen molar-refractivity contribution in [3.63, 3.8) is 0 Å². The van der Waals surface area contributed by atoms with E-state index in [0.29, 0.717) is 23.5 Å². The summed E-state index contributed by atoms with van der Waals surface area (Å²) in [5, 5.41) is 0. The average molecular weight is 686 g/mol. The molecule has 4 aliphatic carbocycles. The van der Waals surface area contributed by atoms with E-state index in [9.17, 15) is 0 Å². The highest BCUT2D eigenvalue weighted by Crippen LogP contribution is 2.49. The summed E-state index contributed by atoms with van der Waals surface area (Å²) in [5.74, 6) is 4.10. The minimum Gasteiger partial charge on any atom is -0.334 e. The lowest BCUT2D eigenvalue weighted by Crippen LogP contribution is -2.29. The highest BCUT2D eigenvalue weighted by molar-refractivity contribution is 6.15. The molecule has 0 fully saturated rings. The lowest BCUT2D eigenvalue weighted by atomic mass is 9.86. The van der Waals surface area contributed by atoms with Gasteiger partial charge in [0.25, 0.3) is 0 Å². The molecule has 4 aromatic carbocycles. The molecule has 2 atom stereocenters. The number of benzene rings is 4. The molecule has 53 heavy (non-hydrogen) atoms. The van der Waals surface area contributed by atoms with Gasteiger partial charge in [0.1, 0.15) is 0 Å². The first-order chi connectivity index (χ1) is 26.0. The first-order valence-electron chi connectivity index (χ1n) is 19.0. The fourth-order valence-corrected chi connectivity index (χ4v) is 9.12. The summed E-state index contributed by atoms with van der Waals surface area (Å²) in [6.07, 6.45) is 25.9. The third-order valence-corrected chi connectivity index (χ3v) is 11.6. The van der Waals surface area contributed by atoms with Crippen molar-refractivity contribution in [1.82, 2.24) is 0 Å². The standard InChI is InChI=1S/C50H43N3/c1-5-14-44-34(6-2)29-38-16-13-20-41(49(38)44)33(4)52-50(51-32(3)36-25-28-43-39(30-36)31-37-15-7-8-17-42(37)43)35-23-26-40(27-24-35)53-47-21-11-9-18-45(47)46-19-10-12-22-48(46)53/h2,5,8-9,11-14,16-18,20-28,30,46,48H,3,7,10,15,19,29,31H2,1,4H3/b14-5-,51-50?,52-33?. The number of aliphatic imine (C=N–C) groups is 2. The topological polar surface area (TPSA) is 28.0 Å². The van der Waals surface area contributed by atoms with Gasteiger partial charge in [-0.25, -0.2) is 9.98 Å². The zero-order chi connectivity index (χ0) is 36.1. The normalized spacial score (nSPS) is 20.1. The second kappa shape index (κ2) is 13.5. The van der Waals surface area contributed by atoms with Crippen molar-refractivity contribution in [3.05, 3.63) is 184 Å². The fourth-order valence-electron chi connectivity index (χ4n) is 9.12. The highest BCUT2D eigenvalue weighted by atomic mass is 15.2. The molecule has 0 N–H and O–H groups in total. The highest BCUT2D eigenvalue weighted by Gasteiger charge is 2.38. The van der Waals surface area contributed by atoms with Gasteiger partial charge in [-0.2, -0.15) is 0 Å². The number of amidine groups is 1. The zero-order valence-electron chi connectivity index (χ0n) is 30.6. The van der Waals surface area contributed by atoms with Gasteiger partial charge in [0.2, 0.25) is 0 Å². The number of hydrogen-bond acceptors (Lipinski definition) is 2. The van der Waals surface area contributed by atoms with Gasteiger partial charge < -0.3 is 4.90 Å². The molecule has 258 valence electrons. The molecule has 5 aliphatic rings. The Morgan fingerprint density at radius 2 is 1.75 bits per heavy atom. The largest absolute Gasteiger partial charge is 0.334 e. The lowest BCUT2D eigenvalue weighted by molar-refractivity contribution is 0.573. The van der Waals surface area contributed by atoms with Crippen LogP contribution in [0.3, 0.4) is 0 Å². The second-order valence-corrected chi connectivity index (χ2v) is 14.7. The first kappa shape index (κ1) is 32.9. The molecule has 4 aromatic rings. The maximum absolute atomic E-state index is 6.00. The average Bonchev–Trinajstić information content (AvgIpc) is 3.87. The van der Waals surface area contributed by atoms with Gasteiger partial charge in [-0.1, -0.05) is 103 Å². The maximum atomic E-state index is 6.00. The second-order valence-electron chi connectivity index (χ2n) is 14.7. The van der Waals surface area contributed by atoms with Crippen LogP contribution >= 0.6 is 0 Å². The van der Waals surface area contributed by atoms with Gasteiger partial charge >= 0.3 is 0 Å². The van der Waals surface area contributed by atoms with Crippen LogP contribution in [0.2, 0.25) is 0 Å². The van der Waals surface area contributed by atoms with Crippen LogP contribution < -0.4 is 4.90 Å². The summed E-state index contributed by atoms with van der Waals surface area (Å²) in [5.41, 5.74) is 18.7. The van der Waals surface area contributed by atoms with E-state index in [1.807, 2.05) is 6.92 Å². The lowest BCUT2D eigenvalue weighted by Gasteiger charge is -2.30. The Balaban J connectivity index is 1.12. The summed E-state index contributed by atoms with van der Waals surface area (Å²) in [6, 6.07) is 31.1. The summed E-state index contributed by atoms with van der Waals surface area (Å²) >= 11 is 0. The van der Waals surface area contributed by atoms with Gasteiger partial charge in [-0.3, -0.25) is 0 Å². The van der Waals surface area contributed by atoms with Crippen LogP contribution in [0.25, 0.3) is 16.8 Å². The molecule has 0 saturated heterocycles. The predicted molar refractivity (Wildman–Crippen MR) is 224 cm³/mol. The Morgan fingerprint density at radius 3 is 2.60 bits per heavy atom. The molecule has 1 aliphatic heterocycles. The van der Waals surface area contributed by atoms with Crippen LogP contribution in [0, 0.1) is 12.3 Å². The van der Waals surface area contributed by atoms with Crippen LogP contribution in [0.5, 0.6) is 0 Å². The van der Waals surface area contributed by atoms with Crippen molar-refractivity contribution in [1.29, 1.82) is 0 Å². The number of hydrogen-bond donors (Lipinski definition) is 0. The van der Waals surface area contributed by atoms with E-state index in [1.165, 1.54) is 51.2 Å². The maximum Gasteiger partial charge on any atom is 0.160 e. The van der Waals surface area contributed by atoms with E-state index in [-0.39, 0.29) is 0 Å². The van der Waals surface area contributed by atoms with E-state index >= 15 is 0 Å². The summed E-state index contributed by atoms with van der Waals surface area (Å²) in [7, 11) is 0. The van der Waals surface area contributed by atoms with Crippen LogP contribution in [-0.4, -0.2) is 17.6 Å². The molecule has 0 aromatic heterocycles. The minimum atomic E-state index is 0.322. The molecule has 0 spiro atoms. The summed E-state index contributed by atoms with van der Waals surface area (Å²) in [6.45, 7) is 8.63. The fraction of sp³-hybridized carbons (Fsp3) is 0.200. The molecule has 0 amide bonds. The van der Waals surface area contributed by atoms with Crippen LogP contribution in [-0.2, 0) is 12.8 Å².